The summed E-state index contributed by atoms with van der Waals surface area (Å²) in [4.78, 5) is 22.4. The SMILES string of the molecule is CC(Sc1ccccc1)C(=O)CCl.NC(=O)OCc1ccccc1. The number of primary amides is 1. The van der Waals surface area contributed by atoms with Gasteiger partial charge in [0, 0.05) is 4.90 Å². The average Bonchev–Trinajstić information content (AvgIpc) is 2.61. The van der Waals surface area contributed by atoms with Gasteiger partial charge in [-0.15, -0.1) is 23.4 Å². The highest BCUT2D eigenvalue weighted by molar-refractivity contribution is 8.00. The van der Waals surface area contributed by atoms with E-state index in [0.29, 0.717) is 0 Å². The van der Waals surface area contributed by atoms with E-state index in [-0.39, 0.29) is 23.5 Å². The lowest BCUT2D eigenvalue weighted by molar-refractivity contribution is -0.115. The predicted molar refractivity (Wildman–Crippen MR) is 98.3 cm³/mol. The lowest BCUT2D eigenvalue weighted by Crippen LogP contribution is -2.13. The number of thioether (sulfide) groups is 1. The number of nitrogens with two attached hydrogens (primary N) is 1. The molecule has 0 radical (unpaired) electrons. The van der Waals surface area contributed by atoms with Crippen molar-refractivity contribution in [2.45, 2.75) is 23.7 Å². The summed E-state index contributed by atoms with van der Waals surface area (Å²) in [5.74, 6) is 0.177. The molecule has 0 aliphatic heterocycles. The van der Waals surface area contributed by atoms with Gasteiger partial charge in [0.15, 0.2) is 5.78 Å². The second-order valence-electron chi connectivity index (χ2n) is 4.77. The standard InChI is InChI=1S/C10H11ClOS.C8H9NO2/c1-8(10(12)7-11)13-9-5-3-2-4-6-9;9-8(10)11-6-7-4-2-1-3-5-7/h2-6,8H,7H2,1H3;1-5H,6H2,(H2,9,10). The molecule has 0 spiro atoms. The van der Waals surface area contributed by atoms with Gasteiger partial charge in [0.1, 0.15) is 6.61 Å². The lowest BCUT2D eigenvalue weighted by Gasteiger charge is -2.07. The number of ketones is 1. The first kappa shape index (κ1) is 20.1. The van der Waals surface area contributed by atoms with Crippen molar-refractivity contribution >= 4 is 35.2 Å². The van der Waals surface area contributed by atoms with E-state index in [1.165, 1.54) is 0 Å². The zero-order valence-electron chi connectivity index (χ0n) is 13.4. The van der Waals surface area contributed by atoms with Gasteiger partial charge in [0.25, 0.3) is 0 Å². The molecule has 128 valence electrons. The van der Waals surface area contributed by atoms with E-state index in [0.717, 1.165) is 10.5 Å². The highest BCUT2D eigenvalue weighted by Crippen LogP contribution is 2.23. The number of alkyl halides is 1. The number of halogens is 1. The average molecular weight is 366 g/mol. The van der Waals surface area contributed by atoms with Crippen LogP contribution in [0.25, 0.3) is 0 Å². The number of benzene rings is 2. The molecule has 4 nitrogen and oxygen atoms in total. The van der Waals surface area contributed by atoms with Crippen LogP contribution in [-0.4, -0.2) is 23.0 Å². The Bertz CT molecular complexity index is 623. The van der Waals surface area contributed by atoms with Gasteiger partial charge in [-0.3, -0.25) is 4.79 Å². The maximum Gasteiger partial charge on any atom is 0.404 e. The summed E-state index contributed by atoms with van der Waals surface area (Å²) in [7, 11) is 0. The monoisotopic (exact) mass is 365 g/mol. The second-order valence-corrected chi connectivity index (χ2v) is 6.45. The van der Waals surface area contributed by atoms with Crippen LogP contribution in [0.15, 0.2) is 65.6 Å². The molecule has 2 aromatic rings. The quantitative estimate of drug-likeness (QED) is 0.613. The van der Waals surface area contributed by atoms with Crippen molar-refractivity contribution in [2.75, 3.05) is 5.88 Å². The van der Waals surface area contributed by atoms with Crippen LogP contribution in [0.2, 0.25) is 0 Å². The number of carbonyl (C=O) groups is 2. The van der Waals surface area contributed by atoms with Crippen molar-refractivity contribution < 1.29 is 14.3 Å². The van der Waals surface area contributed by atoms with Crippen LogP contribution < -0.4 is 5.73 Å². The molecule has 0 heterocycles. The molecule has 0 aliphatic carbocycles. The fourth-order valence-electron chi connectivity index (χ4n) is 1.61. The molecule has 0 fully saturated rings. The topological polar surface area (TPSA) is 69.4 Å². The highest BCUT2D eigenvalue weighted by Gasteiger charge is 2.12. The molecule has 1 atom stereocenters. The van der Waals surface area contributed by atoms with Crippen LogP contribution in [0.5, 0.6) is 0 Å². The predicted octanol–water partition coefficient (Wildman–Crippen LogP) is 4.26. The normalized spacial score (nSPS) is 10.9. The van der Waals surface area contributed by atoms with E-state index < -0.39 is 6.09 Å². The summed E-state index contributed by atoms with van der Waals surface area (Å²) in [6.07, 6.45) is -0.742. The van der Waals surface area contributed by atoms with Gasteiger partial charge in [-0.05, 0) is 24.6 Å². The van der Waals surface area contributed by atoms with Crippen LogP contribution in [0.3, 0.4) is 0 Å². The lowest BCUT2D eigenvalue weighted by atomic mass is 10.2. The smallest absolute Gasteiger partial charge is 0.404 e. The third kappa shape index (κ3) is 8.60. The number of hydrogen-bond acceptors (Lipinski definition) is 4. The van der Waals surface area contributed by atoms with Gasteiger partial charge < -0.3 is 10.5 Å². The first-order chi connectivity index (χ1) is 11.5. The Morgan fingerprint density at radius 2 is 1.62 bits per heavy atom. The first-order valence-electron chi connectivity index (χ1n) is 7.29. The van der Waals surface area contributed by atoms with Crippen LogP contribution in [0, 0.1) is 0 Å². The third-order valence-electron chi connectivity index (χ3n) is 2.87. The van der Waals surface area contributed by atoms with E-state index in [9.17, 15) is 9.59 Å². The molecule has 6 heteroatoms. The minimum Gasteiger partial charge on any atom is -0.445 e. The van der Waals surface area contributed by atoms with Crippen LogP contribution >= 0.6 is 23.4 Å². The van der Waals surface area contributed by atoms with Gasteiger partial charge in [-0.2, -0.15) is 0 Å². The molecule has 0 aliphatic rings. The fourth-order valence-corrected chi connectivity index (χ4v) is 2.87. The Balaban J connectivity index is 0.000000243. The van der Waals surface area contributed by atoms with E-state index in [2.05, 4.69) is 4.74 Å². The number of Topliss-reactive ketones (excluding diaryl/α,β-unsaturated/α-hetero) is 1. The fraction of sp³-hybridized carbons (Fsp3) is 0.222. The van der Waals surface area contributed by atoms with Crippen LogP contribution in [-0.2, 0) is 16.1 Å². The Morgan fingerprint density at radius 3 is 2.12 bits per heavy atom. The minimum atomic E-state index is -0.742. The molecule has 1 unspecified atom stereocenters. The van der Waals surface area contributed by atoms with Gasteiger partial charge in [0.05, 0.1) is 11.1 Å². The molecule has 2 rings (SSSR count). The summed E-state index contributed by atoms with van der Waals surface area (Å²) < 4.78 is 4.57. The van der Waals surface area contributed by atoms with Crippen LogP contribution in [0.1, 0.15) is 12.5 Å². The zero-order chi connectivity index (χ0) is 17.8. The van der Waals surface area contributed by atoms with E-state index in [4.69, 9.17) is 17.3 Å². The Hall–Kier alpha value is -1.98. The Kier molecular flexibility index (Phi) is 9.65. The molecule has 2 N–H and O–H groups in total. The molecule has 0 aromatic heterocycles. The second kappa shape index (κ2) is 11.5. The van der Waals surface area contributed by atoms with E-state index in [1.54, 1.807) is 11.8 Å². The largest absolute Gasteiger partial charge is 0.445 e. The van der Waals surface area contributed by atoms with Gasteiger partial charge >= 0.3 is 6.09 Å². The van der Waals surface area contributed by atoms with Crippen molar-refractivity contribution in [3.8, 4) is 0 Å². The molecular weight excluding hydrogens is 346 g/mol. The number of amides is 1. The summed E-state index contributed by atoms with van der Waals surface area (Å²) in [6, 6.07) is 19.2. The molecule has 0 bridgehead atoms. The maximum absolute atomic E-state index is 11.2. The zero-order valence-corrected chi connectivity index (χ0v) is 14.9. The van der Waals surface area contributed by atoms with Crippen molar-refractivity contribution in [2.24, 2.45) is 5.73 Å². The molecule has 1 amide bonds. The molecule has 0 saturated carbocycles. The number of ether oxygens (including phenoxy) is 1. The van der Waals surface area contributed by atoms with Crippen molar-refractivity contribution in [3.63, 3.8) is 0 Å². The molecular formula is C18H20ClNO3S. The Labute approximate surface area is 151 Å². The van der Waals surface area contributed by atoms with Gasteiger partial charge in [-0.1, -0.05) is 48.5 Å². The van der Waals surface area contributed by atoms with E-state index in [1.807, 2.05) is 67.6 Å². The minimum absolute atomic E-state index is 0.0556. The first-order valence-corrected chi connectivity index (χ1v) is 8.71. The third-order valence-corrected chi connectivity index (χ3v) is 4.29. The van der Waals surface area contributed by atoms with Crippen molar-refractivity contribution in [1.82, 2.24) is 0 Å². The summed E-state index contributed by atoms with van der Waals surface area (Å²) >= 11 is 6.99. The van der Waals surface area contributed by atoms with E-state index >= 15 is 0 Å². The van der Waals surface area contributed by atoms with Crippen LogP contribution in [0.4, 0.5) is 4.79 Å². The number of rotatable bonds is 6. The van der Waals surface area contributed by atoms with Crippen molar-refractivity contribution in [3.05, 3.63) is 66.2 Å². The van der Waals surface area contributed by atoms with Gasteiger partial charge in [-0.25, -0.2) is 4.79 Å². The summed E-state index contributed by atoms with van der Waals surface area (Å²) in [6.45, 7) is 2.12. The number of carbonyl (C=O) groups excluding carboxylic acids is 2. The summed E-state index contributed by atoms with van der Waals surface area (Å²) in [5, 5.41) is -0.0556. The van der Waals surface area contributed by atoms with Crippen molar-refractivity contribution in [1.29, 1.82) is 0 Å². The maximum atomic E-state index is 11.2. The highest BCUT2D eigenvalue weighted by atomic mass is 35.5. The summed E-state index contributed by atoms with van der Waals surface area (Å²) in [5.41, 5.74) is 5.72. The molecule has 2 aromatic carbocycles. The molecule has 24 heavy (non-hydrogen) atoms. The Morgan fingerprint density at radius 1 is 1.08 bits per heavy atom. The van der Waals surface area contributed by atoms with Gasteiger partial charge in [0.2, 0.25) is 0 Å². The molecule has 0 saturated heterocycles. The number of hydrogen-bond donors (Lipinski definition) is 1.